The lowest BCUT2D eigenvalue weighted by Crippen LogP contribution is -2.36. The Kier molecular flexibility index (Phi) is 4.06. The molecular weight excluding hydrogens is 256 g/mol. The third-order valence-electron chi connectivity index (χ3n) is 4.13. The van der Waals surface area contributed by atoms with Gasteiger partial charge < -0.3 is 5.32 Å². The maximum atomic E-state index is 9.01. The van der Waals surface area contributed by atoms with E-state index in [-0.39, 0.29) is 0 Å². The minimum absolute atomic E-state index is 0.454. The highest BCUT2D eigenvalue weighted by atomic mass is 35.5. The molecule has 1 aromatic rings. The summed E-state index contributed by atoms with van der Waals surface area (Å²) in [5, 5.41) is 13.1. The Morgan fingerprint density at radius 3 is 2.79 bits per heavy atom. The molecule has 102 valence electrons. The van der Waals surface area contributed by atoms with Crippen molar-refractivity contribution in [3.05, 3.63) is 28.8 Å². The van der Waals surface area contributed by atoms with E-state index in [1.807, 2.05) is 12.1 Å². The van der Waals surface area contributed by atoms with Gasteiger partial charge in [-0.1, -0.05) is 32.4 Å². The molecule has 0 aromatic heterocycles. The number of nitriles is 1. The van der Waals surface area contributed by atoms with Crippen LogP contribution < -0.4 is 5.32 Å². The normalized spacial score (nSPS) is 25.6. The van der Waals surface area contributed by atoms with Crippen molar-refractivity contribution in [1.29, 1.82) is 5.26 Å². The lowest BCUT2D eigenvalue weighted by molar-refractivity contribution is 0.177. The summed E-state index contributed by atoms with van der Waals surface area (Å²) in [6, 6.07) is 8.20. The van der Waals surface area contributed by atoms with Gasteiger partial charge in [-0.05, 0) is 48.8 Å². The van der Waals surface area contributed by atoms with E-state index in [0.717, 1.165) is 5.69 Å². The van der Waals surface area contributed by atoms with Gasteiger partial charge in [0.2, 0.25) is 0 Å². The molecule has 1 aliphatic carbocycles. The molecule has 1 N–H and O–H groups in total. The summed E-state index contributed by atoms with van der Waals surface area (Å²) in [6.45, 7) is 6.99. The minimum atomic E-state index is 0.454. The Morgan fingerprint density at radius 2 is 2.16 bits per heavy atom. The van der Waals surface area contributed by atoms with Gasteiger partial charge >= 0.3 is 0 Å². The summed E-state index contributed by atoms with van der Waals surface area (Å²) in [7, 11) is 0. The number of halogens is 1. The van der Waals surface area contributed by atoms with Crippen molar-refractivity contribution in [2.75, 3.05) is 5.32 Å². The molecule has 2 unspecified atom stereocenters. The van der Waals surface area contributed by atoms with E-state index in [0.29, 0.717) is 28.0 Å². The molecule has 1 fully saturated rings. The van der Waals surface area contributed by atoms with E-state index >= 15 is 0 Å². The van der Waals surface area contributed by atoms with Gasteiger partial charge in [0, 0.05) is 11.7 Å². The van der Waals surface area contributed by atoms with Crippen molar-refractivity contribution in [1.82, 2.24) is 0 Å². The third kappa shape index (κ3) is 3.42. The fourth-order valence-electron chi connectivity index (χ4n) is 3.08. The first-order valence-electron chi connectivity index (χ1n) is 6.87. The molecule has 1 saturated carbocycles. The number of benzene rings is 1. The number of hydrogen-bond acceptors (Lipinski definition) is 2. The van der Waals surface area contributed by atoms with Crippen LogP contribution in [-0.4, -0.2) is 6.04 Å². The van der Waals surface area contributed by atoms with Crippen LogP contribution in [0.1, 0.15) is 45.6 Å². The molecule has 19 heavy (non-hydrogen) atoms. The quantitative estimate of drug-likeness (QED) is 0.839. The molecule has 0 amide bonds. The van der Waals surface area contributed by atoms with Crippen LogP contribution in [0, 0.1) is 22.7 Å². The van der Waals surface area contributed by atoms with Crippen molar-refractivity contribution in [2.45, 2.75) is 46.1 Å². The molecule has 0 bridgehead atoms. The molecule has 0 heterocycles. The Bertz CT molecular complexity index is 502. The summed E-state index contributed by atoms with van der Waals surface area (Å²) < 4.78 is 0. The average Bonchev–Trinajstić information content (AvgIpc) is 2.34. The van der Waals surface area contributed by atoms with Crippen molar-refractivity contribution in [3.63, 3.8) is 0 Å². The summed E-state index contributed by atoms with van der Waals surface area (Å²) in [5.41, 5.74) is 1.99. The number of hydrogen-bond donors (Lipinski definition) is 1. The van der Waals surface area contributed by atoms with Gasteiger partial charge in [-0.3, -0.25) is 0 Å². The van der Waals surface area contributed by atoms with Crippen molar-refractivity contribution in [3.8, 4) is 6.07 Å². The predicted octanol–water partition coefficient (Wildman–Crippen LogP) is 4.84. The zero-order valence-electron chi connectivity index (χ0n) is 11.8. The molecule has 0 aliphatic heterocycles. The standard InChI is InChI=1S/C16H21ClN2/c1-11-9-16(2,3)7-6-15(11)19-13-4-5-14(17)12(8-13)10-18/h4-5,8,11,15,19H,6-7,9H2,1-3H3. The first kappa shape index (κ1) is 14.2. The highest BCUT2D eigenvalue weighted by Crippen LogP contribution is 2.39. The van der Waals surface area contributed by atoms with E-state index < -0.39 is 0 Å². The van der Waals surface area contributed by atoms with E-state index in [1.54, 1.807) is 6.07 Å². The zero-order valence-corrected chi connectivity index (χ0v) is 12.6. The van der Waals surface area contributed by atoms with Crippen molar-refractivity contribution >= 4 is 17.3 Å². The lowest BCUT2D eigenvalue weighted by atomic mass is 9.70. The van der Waals surface area contributed by atoms with E-state index in [4.69, 9.17) is 16.9 Å². The van der Waals surface area contributed by atoms with Gasteiger partial charge in [0.15, 0.2) is 0 Å². The Labute approximate surface area is 120 Å². The number of anilines is 1. The molecule has 0 radical (unpaired) electrons. The molecule has 0 spiro atoms. The van der Waals surface area contributed by atoms with E-state index in [2.05, 4.69) is 32.2 Å². The van der Waals surface area contributed by atoms with Gasteiger partial charge in [-0.2, -0.15) is 5.26 Å². The van der Waals surface area contributed by atoms with Crippen LogP contribution in [0.4, 0.5) is 5.69 Å². The van der Waals surface area contributed by atoms with Gasteiger partial charge in [-0.25, -0.2) is 0 Å². The minimum Gasteiger partial charge on any atom is -0.382 e. The van der Waals surface area contributed by atoms with Gasteiger partial charge in [-0.15, -0.1) is 0 Å². The second-order valence-corrected chi connectivity index (χ2v) is 6.85. The average molecular weight is 277 g/mol. The largest absolute Gasteiger partial charge is 0.382 e. The SMILES string of the molecule is CC1CC(C)(C)CCC1Nc1ccc(Cl)c(C#N)c1. The van der Waals surface area contributed by atoms with E-state index in [1.165, 1.54) is 19.3 Å². The van der Waals surface area contributed by atoms with Crippen LogP contribution in [0.25, 0.3) is 0 Å². The first-order valence-corrected chi connectivity index (χ1v) is 7.25. The smallest absolute Gasteiger partial charge is 0.101 e. The fourth-order valence-corrected chi connectivity index (χ4v) is 3.24. The number of rotatable bonds is 2. The van der Waals surface area contributed by atoms with Crippen LogP contribution in [0.3, 0.4) is 0 Å². The van der Waals surface area contributed by atoms with Crippen molar-refractivity contribution in [2.24, 2.45) is 11.3 Å². The lowest BCUT2D eigenvalue weighted by Gasteiger charge is -2.40. The molecule has 3 heteroatoms. The van der Waals surface area contributed by atoms with Gasteiger partial charge in [0.05, 0.1) is 10.6 Å². The monoisotopic (exact) mass is 276 g/mol. The summed E-state index contributed by atoms with van der Waals surface area (Å²) in [6.07, 6.45) is 3.66. The van der Waals surface area contributed by atoms with Crippen LogP contribution in [0.2, 0.25) is 5.02 Å². The van der Waals surface area contributed by atoms with Crippen LogP contribution in [-0.2, 0) is 0 Å². The van der Waals surface area contributed by atoms with Crippen LogP contribution >= 0.6 is 11.6 Å². The topological polar surface area (TPSA) is 35.8 Å². The highest BCUT2D eigenvalue weighted by Gasteiger charge is 2.32. The predicted molar refractivity (Wildman–Crippen MR) is 80.4 cm³/mol. The summed E-state index contributed by atoms with van der Waals surface area (Å²) in [5.74, 6) is 0.643. The van der Waals surface area contributed by atoms with Gasteiger partial charge in [0.1, 0.15) is 6.07 Å². The molecule has 1 aromatic carbocycles. The molecule has 1 aliphatic rings. The third-order valence-corrected chi connectivity index (χ3v) is 4.46. The summed E-state index contributed by atoms with van der Waals surface area (Å²) in [4.78, 5) is 0. The molecule has 0 saturated heterocycles. The number of nitrogens with zero attached hydrogens (tertiary/aromatic N) is 1. The van der Waals surface area contributed by atoms with Crippen LogP contribution in [0.15, 0.2) is 18.2 Å². The number of nitrogens with one attached hydrogen (secondary N) is 1. The maximum absolute atomic E-state index is 9.01. The molecular formula is C16H21ClN2. The molecule has 2 atom stereocenters. The Hall–Kier alpha value is -1.20. The van der Waals surface area contributed by atoms with Crippen LogP contribution in [0.5, 0.6) is 0 Å². The summed E-state index contributed by atoms with van der Waals surface area (Å²) >= 11 is 5.95. The Balaban J connectivity index is 2.08. The maximum Gasteiger partial charge on any atom is 0.101 e. The fraction of sp³-hybridized carbons (Fsp3) is 0.562. The van der Waals surface area contributed by atoms with Gasteiger partial charge in [0.25, 0.3) is 0 Å². The van der Waals surface area contributed by atoms with E-state index in [9.17, 15) is 0 Å². The molecule has 2 rings (SSSR count). The highest BCUT2D eigenvalue weighted by molar-refractivity contribution is 6.31. The van der Waals surface area contributed by atoms with Crippen molar-refractivity contribution < 1.29 is 0 Å². The first-order chi connectivity index (χ1) is 8.91. The molecule has 2 nitrogen and oxygen atoms in total. The zero-order chi connectivity index (χ0) is 14.0. The Morgan fingerprint density at radius 1 is 1.42 bits per heavy atom. The second-order valence-electron chi connectivity index (χ2n) is 6.44. The second kappa shape index (κ2) is 5.43.